The van der Waals surface area contributed by atoms with Crippen molar-refractivity contribution in [2.24, 2.45) is 0 Å². The average Bonchev–Trinajstić information content (AvgIpc) is 3.15. The molecule has 0 saturated heterocycles. The van der Waals surface area contributed by atoms with Gasteiger partial charge in [-0.05, 0) is 42.8 Å². The number of hydrogen-bond donors (Lipinski definition) is 1. The van der Waals surface area contributed by atoms with E-state index in [1.807, 2.05) is 18.2 Å². The van der Waals surface area contributed by atoms with Gasteiger partial charge in [-0.1, -0.05) is 13.3 Å². The SMILES string of the molecule is CCCc1sc(NC(=O)c2ccc(OC)cc2)nc1-c1cc(OC)cc(OC)c1. The van der Waals surface area contributed by atoms with Gasteiger partial charge in [0.1, 0.15) is 17.2 Å². The number of rotatable bonds is 8. The molecule has 0 aliphatic carbocycles. The van der Waals surface area contributed by atoms with Crippen molar-refractivity contribution in [2.45, 2.75) is 19.8 Å². The first-order valence-electron chi connectivity index (χ1n) is 9.26. The van der Waals surface area contributed by atoms with Gasteiger partial charge < -0.3 is 14.2 Å². The van der Waals surface area contributed by atoms with Crippen molar-refractivity contribution in [1.82, 2.24) is 4.98 Å². The molecule has 0 saturated carbocycles. The van der Waals surface area contributed by atoms with Gasteiger partial charge in [0.25, 0.3) is 5.91 Å². The predicted molar refractivity (Wildman–Crippen MR) is 116 cm³/mol. The first kappa shape index (κ1) is 20.7. The maximum atomic E-state index is 12.6. The molecule has 3 rings (SSSR count). The fourth-order valence-corrected chi connectivity index (χ4v) is 3.96. The number of aromatic nitrogens is 1. The number of aryl methyl sites for hydroxylation is 1. The van der Waals surface area contributed by atoms with Gasteiger partial charge in [0.15, 0.2) is 5.13 Å². The van der Waals surface area contributed by atoms with Gasteiger partial charge in [-0.2, -0.15) is 0 Å². The molecule has 152 valence electrons. The topological polar surface area (TPSA) is 69.7 Å². The van der Waals surface area contributed by atoms with Crippen LogP contribution in [0.1, 0.15) is 28.6 Å². The van der Waals surface area contributed by atoms with E-state index in [1.54, 1.807) is 45.6 Å². The van der Waals surface area contributed by atoms with E-state index in [9.17, 15) is 4.79 Å². The van der Waals surface area contributed by atoms with Crippen LogP contribution < -0.4 is 19.5 Å². The molecule has 29 heavy (non-hydrogen) atoms. The molecule has 0 radical (unpaired) electrons. The van der Waals surface area contributed by atoms with Crippen molar-refractivity contribution >= 4 is 22.4 Å². The third-order valence-corrected chi connectivity index (χ3v) is 5.40. The van der Waals surface area contributed by atoms with Crippen LogP contribution in [0, 0.1) is 0 Å². The summed E-state index contributed by atoms with van der Waals surface area (Å²) in [5.74, 6) is 1.88. The highest BCUT2D eigenvalue weighted by Crippen LogP contribution is 2.36. The highest BCUT2D eigenvalue weighted by molar-refractivity contribution is 7.16. The summed E-state index contributed by atoms with van der Waals surface area (Å²) < 4.78 is 15.9. The average molecular weight is 413 g/mol. The molecule has 0 aliphatic heterocycles. The third-order valence-electron chi connectivity index (χ3n) is 4.37. The number of methoxy groups -OCH3 is 3. The Morgan fingerprint density at radius 2 is 1.59 bits per heavy atom. The molecule has 0 spiro atoms. The molecule has 0 fully saturated rings. The standard InChI is InChI=1S/C22H24N2O4S/c1-5-6-19-20(15-11-17(27-3)13-18(12-15)28-4)23-22(29-19)24-21(25)14-7-9-16(26-2)10-8-14/h7-13H,5-6H2,1-4H3,(H,23,24,25). The van der Waals surface area contributed by atoms with Crippen LogP contribution in [0.3, 0.4) is 0 Å². The van der Waals surface area contributed by atoms with E-state index in [-0.39, 0.29) is 5.91 Å². The van der Waals surface area contributed by atoms with Gasteiger partial charge >= 0.3 is 0 Å². The summed E-state index contributed by atoms with van der Waals surface area (Å²) in [7, 11) is 4.83. The minimum absolute atomic E-state index is 0.209. The Hall–Kier alpha value is -3.06. The molecule has 1 N–H and O–H groups in total. The minimum Gasteiger partial charge on any atom is -0.497 e. The van der Waals surface area contributed by atoms with Crippen LogP contribution in [0.4, 0.5) is 5.13 Å². The second-order valence-corrected chi connectivity index (χ2v) is 7.41. The maximum Gasteiger partial charge on any atom is 0.257 e. The Morgan fingerprint density at radius 3 is 2.14 bits per heavy atom. The van der Waals surface area contributed by atoms with Crippen molar-refractivity contribution in [2.75, 3.05) is 26.6 Å². The van der Waals surface area contributed by atoms with Gasteiger partial charge in [-0.3, -0.25) is 10.1 Å². The number of hydrogen-bond acceptors (Lipinski definition) is 6. The monoisotopic (exact) mass is 412 g/mol. The van der Waals surface area contributed by atoms with E-state index in [0.29, 0.717) is 27.9 Å². The lowest BCUT2D eigenvalue weighted by Gasteiger charge is -2.08. The zero-order chi connectivity index (χ0) is 20.8. The van der Waals surface area contributed by atoms with Gasteiger partial charge in [-0.25, -0.2) is 4.98 Å². The maximum absolute atomic E-state index is 12.6. The smallest absolute Gasteiger partial charge is 0.257 e. The molecular weight excluding hydrogens is 388 g/mol. The van der Waals surface area contributed by atoms with Gasteiger partial charge in [0.05, 0.1) is 27.0 Å². The molecule has 3 aromatic rings. The number of anilines is 1. The summed E-state index contributed by atoms with van der Waals surface area (Å²) in [5, 5.41) is 3.47. The summed E-state index contributed by atoms with van der Waals surface area (Å²) in [4.78, 5) is 18.4. The van der Waals surface area contributed by atoms with Gasteiger partial charge in [-0.15, -0.1) is 11.3 Å². The van der Waals surface area contributed by atoms with E-state index in [0.717, 1.165) is 29.0 Å². The summed E-state index contributed by atoms with van der Waals surface area (Å²) in [6.45, 7) is 2.12. The zero-order valence-electron chi connectivity index (χ0n) is 16.9. The normalized spacial score (nSPS) is 10.5. The van der Waals surface area contributed by atoms with Crippen molar-refractivity contribution in [3.05, 3.63) is 52.9 Å². The molecule has 1 amide bonds. The van der Waals surface area contributed by atoms with Gasteiger partial charge in [0.2, 0.25) is 0 Å². The lowest BCUT2D eigenvalue weighted by Crippen LogP contribution is -2.11. The second kappa shape index (κ2) is 9.43. The molecule has 6 nitrogen and oxygen atoms in total. The highest BCUT2D eigenvalue weighted by Gasteiger charge is 2.17. The van der Waals surface area contributed by atoms with Crippen LogP contribution >= 0.6 is 11.3 Å². The molecule has 0 unspecified atom stereocenters. The molecule has 2 aromatic carbocycles. The molecular formula is C22H24N2O4S. The summed E-state index contributed by atoms with van der Waals surface area (Å²) in [6, 6.07) is 12.6. The van der Waals surface area contributed by atoms with Crippen LogP contribution in [-0.4, -0.2) is 32.2 Å². The van der Waals surface area contributed by atoms with Crippen molar-refractivity contribution in [3.63, 3.8) is 0 Å². The molecule has 0 bridgehead atoms. The van der Waals surface area contributed by atoms with Crippen molar-refractivity contribution < 1.29 is 19.0 Å². The number of thiazole rings is 1. The van der Waals surface area contributed by atoms with E-state index in [4.69, 9.17) is 19.2 Å². The minimum atomic E-state index is -0.209. The Morgan fingerprint density at radius 1 is 0.966 bits per heavy atom. The van der Waals surface area contributed by atoms with E-state index in [2.05, 4.69) is 12.2 Å². The van der Waals surface area contributed by atoms with Crippen LogP contribution in [0.25, 0.3) is 11.3 Å². The Kier molecular flexibility index (Phi) is 6.72. The number of ether oxygens (including phenoxy) is 3. The summed E-state index contributed by atoms with van der Waals surface area (Å²) >= 11 is 1.49. The first-order valence-corrected chi connectivity index (χ1v) is 10.1. The highest BCUT2D eigenvalue weighted by atomic mass is 32.1. The summed E-state index contributed by atoms with van der Waals surface area (Å²) in [5.41, 5.74) is 2.27. The third kappa shape index (κ3) is 4.86. The number of carbonyl (C=O) groups excluding carboxylic acids is 1. The largest absolute Gasteiger partial charge is 0.497 e. The number of benzene rings is 2. The Bertz CT molecular complexity index is 961. The number of nitrogens with zero attached hydrogens (tertiary/aromatic N) is 1. The summed E-state index contributed by atoms with van der Waals surface area (Å²) in [6.07, 6.45) is 1.84. The Balaban J connectivity index is 1.91. The first-order chi connectivity index (χ1) is 14.1. The van der Waals surface area contributed by atoms with Crippen LogP contribution in [-0.2, 0) is 6.42 Å². The van der Waals surface area contributed by atoms with Crippen LogP contribution in [0.5, 0.6) is 17.2 Å². The Labute approximate surface area is 174 Å². The van der Waals surface area contributed by atoms with Crippen LogP contribution in [0.2, 0.25) is 0 Å². The van der Waals surface area contributed by atoms with E-state index >= 15 is 0 Å². The molecule has 1 heterocycles. The van der Waals surface area contributed by atoms with E-state index in [1.165, 1.54) is 11.3 Å². The van der Waals surface area contributed by atoms with Crippen molar-refractivity contribution in [3.8, 4) is 28.5 Å². The fourth-order valence-electron chi connectivity index (χ4n) is 2.88. The van der Waals surface area contributed by atoms with Crippen LogP contribution in [0.15, 0.2) is 42.5 Å². The predicted octanol–water partition coefficient (Wildman–Crippen LogP) is 5.04. The lowest BCUT2D eigenvalue weighted by molar-refractivity contribution is 0.102. The quantitative estimate of drug-likeness (QED) is 0.561. The second-order valence-electron chi connectivity index (χ2n) is 6.32. The molecule has 7 heteroatoms. The molecule has 1 aromatic heterocycles. The van der Waals surface area contributed by atoms with Gasteiger partial charge in [0, 0.05) is 22.1 Å². The number of amides is 1. The number of carbonyl (C=O) groups is 1. The van der Waals surface area contributed by atoms with E-state index < -0.39 is 0 Å². The zero-order valence-corrected chi connectivity index (χ0v) is 17.8. The fraction of sp³-hybridized carbons (Fsp3) is 0.273. The number of nitrogens with one attached hydrogen (secondary N) is 1. The molecule has 0 aliphatic rings. The molecule has 0 atom stereocenters. The lowest BCUT2D eigenvalue weighted by atomic mass is 10.1. The van der Waals surface area contributed by atoms with Crippen molar-refractivity contribution in [1.29, 1.82) is 0 Å².